The average Bonchev–Trinajstić information content (AvgIpc) is 2.77. The number of halogens is 1. The molecule has 1 aliphatic rings. The zero-order chi connectivity index (χ0) is 21.6. The largest absolute Gasteiger partial charge is 0.490 e. The molecule has 0 aromatic heterocycles. The predicted molar refractivity (Wildman–Crippen MR) is 121 cm³/mol. The van der Waals surface area contributed by atoms with Crippen molar-refractivity contribution in [2.75, 3.05) is 32.8 Å². The first-order valence-electron chi connectivity index (χ1n) is 9.47. The molecule has 0 unspecified atom stereocenters. The van der Waals surface area contributed by atoms with Crippen LogP contribution in [0.3, 0.4) is 0 Å². The number of sulfonamides is 1. The molecule has 0 saturated carbocycles. The lowest BCUT2D eigenvalue weighted by Gasteiger charge is -2.33. The summed E-state index contributed by atoms with van der Waals surface area (Å²) < 4.78 is 33.1. The lowest BCUT2D eigenvalue weighted by molar-refractivity contribution is -0.127. The molecular formula is C22H23BrN2O4S. The summed E-state index contributed by atoms with van der Waals surface area (Å²) in [4.78, 5) is 14.4. The minimum absolute atomic E-state index is 0.139. The van der Waals surface area contributed by atoms with Gasteiger partial charge in [0.2, 0.25) is 15.9 Å². The molecule has 0 aliphatic carbocycles. The number of benzene rings is 2. The van der Waals surface area contributed by atoms with Gasteiger partial charge in [0.15, 0.2) is 0 Å². The van der Waals surface area contributed by atoms with Gasteiger partial charge in [-0.1, -0.05) is 36.9 Å². The van der Waals surface area contributed by atoms with Crippen molar-refractivity contribution in [1.82, 2.24) is 9.21 Å². The molecule has 1 aliphatic heterocycles. The summed E-state index contributed by atoms with van der Waals surface area (Å²) >= 11 is 3.30. The van der Waals surface area contributed by atoms with Crippen molar-refractivity contribution in [2.24, 2.45) is 0 Å². The molecule has 2 aromatic carbocycles. The lowest BCUT2D eigenvalue weighted by Crippen LogP contribution is -2.50. The first kappa shape index (κ1) is 22.3. The van der Waals surface area contributed by atoms with Crippen LogP contribution in [0.15, 0.2) is 76.6 Å². The fourth-order valence-corrected chi connectivity index (χ4v) is 5.43. The van der Waals surface area contributed by atoms with Crippen LogP contribution in [-0.4, -0.2) is 56.3 Å². The van der Waals surface area contributed by atoms with Crippen molar-refractivity contribution in [3.63, 3.8) is 0 Å². The monoisotopic (exact) mass is 490 g/mol. The standard InChI is InChI=1S/C22H23BrN2O4S/c1-2-17-29-19-10-7-18(8-11-19)9-12-22(26)24-13-15-25(16-14-24)30(27,28)21-6-4-3-5-20(21)23/h2-12H,1,13-17H2. The van der Waals surface area contributed by atoms with Gasteiger partial charge in [-0.15, -0.1) is 0 Å². The molecule has 1 heterocycles. The van der Waals surface area contributed by atoms with Gasteiger partial charge in [0, 0.05) is 36.7 Å². The summed E-state index contributed by atoms with van der Waals surface area (Å²) in [6.45, 7) is 5.27. The van der Waals surface area contributed by atoms with E-state index in [1.807, 2.05) is 24.3 Å². The first-order valence-corrected chi connectivity index (χ1v) is 11.7. The van der Waals surface area contributed by atoms with Crippen LogP contribution in [0.25, 0.3) is 6.08 Å². The molecule has 1 saturated heterocycles. The van der Waals surface area contributed by atoms with Crippen molar-refractivity contribution in [3.05, 3.63) is 77.3 Å². The second-order valence-corrected chi connectivity index (χ2v) is 9.42. The van der Waals surface area contributed by atoms with Crippen LogP contribution in [0.2, 0.25) is 0 Å². The van der Waals surface area contributed by atoms with Crippen molar-refractivity contribution < 1.29 is 17.9 Å². The molecule has 8 heteroatoms. The molecule has 0 radical (unpaired) electrons. The topological polar surface area (TPSA) is 66.9 Å². The highest BCUT2D eigenvalue weighted by Gasteiger charge is 2.30. The van der Waals surface area contributed by atoms with E-state index in [0.29, 0.717) is 24.2 Å². The maximum atomic E-state index is 12.9. The number of hydrogen-bond acceptors (Lipinski definition) is 4. The number of ether oxygens (including phenoxy) is 1. The van der Waals surface area contributed by atoms with Gasteiger partial charge >= 0.3 is 0 Å². The van der Waals surface area contributed by atoms with Crippen LogP contribution in [0, 0.1) is 0 Å². The van der Waals surface area contributed by atoms with Gasteiger partial charge in [0.05, 0.1) is 4.90 Å². The highest BCUT2D eigenvalue weighted by Crippen LogP contribution is 2.25. The minimum atomic E-state index is -3.60. The lowest BCUT2D eigenvalue weighted by atomic mass is 10.2. The van der Waals surface area contributed by atoms with Crippen LogP contribution in [0.5, 0.6) is 5.75 Å². The van der Waals surface area contributed by atoms with Crippen molar-refractivity contribution in [3.8, 4) is 5.75 Å². The van der Waals surface area contributed by atoms with Crippen molar-refractivity contribution in [2.45, 2.75) is 4.90 Å². The zero-order valence-corrected chi connectivity index (χ0v) is 18.8. The Bertz CT molecular complexity index is 1030. The third kappa shape index (κ3) is 5.38. The molecule has 3 rings (SSSR count). The summed E-state index contributed by atoms with van der Waals surface area (Å²) in [5.74, 6) is 0.598. The minimum Gasteiger partial charge on any atom is -0.490 e. The molecule has 30 heavy (non-hydrogen) atoms. The van der Waals surface area contributed by atoms with Crippen molar-refractivity contribution >= 4 is 37.9 Å². The molecule has 1 amide bonds. The quantitative estimate of drug-likeness (QED) is 0.439. The number of nitrogens with zero attached hydrogens (tertiary/aromatic N) is 2. The van der Waals surface area contributed by atoms with Crippen LogP contribution < -0.4 is 4.74 Å². The first-order chi connectivity index (χ1) is 14.4. The van der Waals surface area contributed by atoms with Crippen LogP contribution >= 0.6 is 15.9 Å². The SMILES string of the molecule is C=CCOc1ccc(C=CC(=O)N2CCN(S(=O)(=O)c3ccccc3Br)CC2)cc1. The molecule has 0 spiro atoms. The number of hydrogen-bond donors (Lipinski definition) is 0. The molecular weight excluding hydrogens is 468 g/mol. The summed E-state index contributed by atoms with van der Waals surface area (Å²) in [5.41, 5.74) is 0.879. The average molecular weight is 491 g/mol. The third-order valence-electron chi connectivity index (χ3n) is 4.67. The van der Waals surface area contributed by atoms with Gasteiger partial charge in [0.1, 0.15) is 12.4 Å². The van der Waals surface area contributed by atoms with Crippen molar-refractivity contribution in [1.29, 1.82) is 0 Å². The highest BCUT2D eigenvalue weighted by molar-refractivity contribution is 9.10. The summed E-state index contributed by atoms with van der Waals surface area (Å²) in [6.07, 6.45) is 4.93. The fraction of sp³-hybridized carbons (Fsp3) is 0.227. The Morgan fingerprint density at radius 1 is 1.07 bits per heavy atom. The smallest absolute Gasteiger partial charge is 0.246 e. The Balaban J connectivity index is 1.57. The number of piperazine rings is 1. The Kier molecular flexibility index (Phi) is 7.47. The van der Waals surface area contributed by atoms with Gasteiger partial charge in [-0.25, -0.2) is 8.42 Å². The summed E-state index contributed by atoms with van der Waals surface area (Å²) in [7, 11) is -3.60. The number of amides is 1. The third-order valence-corrected chi connectivity index (χ3v) is 7.58. The van der Waals surface area contributed by atoms with Gasteiger partial charge in [0.25, 0.3) is 0 Å². The molecule has 1 fully saturated rings. The summed E-state index contributed by atoms with van der Waals surface area (Å²) in [5, 5.41) is 0. The molecule has 0 N–H and O–H groups in total. The normalized spacial score (nSPS) is 15.3. The van der Waals surface area contributed by atoms with Crippen LogP contribution in [-0.2, 0) is 14.8 Å². The molecule has 0 bridgehead atoms. The van der Waals surface area contributed by atoms with Crippen LogP contribution in [0.1, 0.15) is 5.56 Å². The van der Waals surface area contributed by atoms with Gasteiger partial charge in [-0.2, -0.15) is 4.31 Å². The van der Waals surface area contributed by atoms with E-state index in [1.165, 1.54) is 10.4 Å². The van der Waals surface area contributed by atoms with E-state index in [2.05, 4.69) is 22.5 Å². The van der Waals surface area contributed by atoms with Gasteiger partial charge < -0.3 is 9.64 Å². The second-order valence-electron chi connectivity index (χ2n) is 6.66. The van der Waals surface area contributed by atoms with E-state index in [4.69, 9.17) is 4.74 Å². The van der Waals surface area contributed by atoms with E-state index >= 15 is 0 Å². The zero-order valence-electron chi connectivity index (χ0n) is 16.4. The Morgan fingerprint density at radius 3 is 2.37 bits per heavy atom. The van der Waals surface area contributed by atoms with E-state index in [1.54, 1.807) is 41.3 Å². The molecule has 2 aromatic rings. The Morgan fingerprint density at radius 2 is 1.73 bits per heavy atom. The summed E-state index contributed by atoms with van der Waals surface area (Å²) in [6, 6.07) is 14.1. The molecule has 158 valence electrons. The Hall–Kier alpha value is -2.42. The van der Waals surface area contributed by atoms with E-state index in [0.717, 1.165) is 11.3 Å². The van der Waals surface area contributed by atoms with E-state index in [-0.39, 0.29) is 23.9 Å². The second kappa shape index (κ2) is 10.1. The molecule has 0 atom stereocenters. The number of carbonyl (C=O) groups is 1. The van der Waals surface area contributed by atoms with E-state index in [9.17, 15) is 13.2 Å². The van der Waals surface area contributed by atoms with Gasteiger partial charge in [-0.05, 0) is 51.8 Å². The maximum absolute atomic E-state index is 12.9. The predicted octanol–water partition coefficient (Wildman–Crippen LogP) is 3.56. The Labute approximate surface area is 185 Å². The number of carbonyl (C=O) groups excluding carboxylic acids is 1. The maximum Gasteiger partial charge on any atom is 0.246 e. The molecule has 6 nitrogen and oxygen atoms in total. The van der Waals surface area contributed by atoms with E-state index < -0.39 is 10.0 Å². The number of rotatable bonds is 7. The fourth-order valence-electron chi connectivity index (χ4n) is 3.05. The van der Waals surface area contributed by atoms with Crippen LogP contribution in [0.4, 0.5) is 0 Å². The highest BCUT2D eigenvalue weighted by atomic mass is 79.9. The van der Waals surface area contributed by atoms with Gasteiger partial charge in [-0.3, -0.25) is 4.79 Å².